The minimum Gasteiger partial charge on any atom is -0.345 e. The van der Waals surface area contributed by atoms with Gasteiger partial charge < -0.3 is 15.1 Å². The highest BCUT2D eigenvalue weighted by atomic mass is 16.2. The second-order valence-electron chi connectivity index (χ2n) is 6.76. The SMILES string of the molecule is C[C@H]1C[C@@H](C(=O)N(C)CCC2CCCCN2C)CCN1. The van der Waals surface area contributed by atoms with Crippen molar-refractivity contribution in [2.24, 2.45) is 5.92 Å². The molecule has 0 aliphatic carbocycles. The highest BCUT2D eigenvalue weighted by Gasteiger charge is 2.27. The monoisotopic (exact) mass is 281 g/mol. The number of likely N-dealkylation sites (tertiary alicyclic amines) is 1. The summed E-state index contributed by atoms with van der Waals surface area (Å²) in [4.78, 5) is 16.9. The lowest BCUT2D eigenvalue weighted by Gasteiger charge is -2.35. The molecule has 0 radical (unpaired) electrons. The van der Waals surface area contributed by atoms with Crippen LogP contribution in [0, 0.1) is 5.92 Å². The van der Waals surface area contributed by atoms with Gasteiger partial charge in [0.05, 0.1) is 0 Å². The largest absolute Gasteiger partial charge is 0.345 e. The summed E-state index contributed by atoms with van der Waals surface area (Å²) in [6, 6.07) is 1.15. The number of carbonyl (C=O) groups is 1. The van der Waals surface area contributed by atoms with Crippen LogP contribution >= 0.6 is 0 Å². The Hall–Kier alpha value is -0.610. The molecule has 0 bridgehead atoms. The van der Waals surface area contributed by atoms with E-state index in [1.54, 1.807) is 0 Å². The van der Waals surface area contributed by atoms with Crippen LogP contribution in [-0.2, 0) is 4.79 Å². The molecule has 0 aromatic heterocycles. The summed E-state index contributed by atoms with van der Waals surface area (Å²) in [5.41, 5.74) is 0. The third kappa shape index (κ3) is 4.19. The summed E-state index contributed by atoms with van der Waals surface area (Å²) in [5.74, 6) is 0.595. The first-order valence-electron chi connectivity index (χ1n) is 8.26. The number of piperidine rings is 2. The zero-order chi connectivity index (χ0) is 14.5. The lowest BCUT2D eigenvalue weighted by atomic mass is 9.92. The van der Waals surface area contributed by atoms with Gasteiger partial charge in [-0.3, -0.25) is 4.79 Å². The molecule has 1 N–H and O–H groups in total. The van der Waals surface area contributed by atoms with Crippen molar-refractivity contribution in [3.05, 3.63) is 0 Å². The van der Waals surface area contributed by atoms with E-state index >= 15 is 0 Å². The molecule has 0 spiro atoms. The number of carbonyl (C=O) groups excluding carboxylic acids is 1. The molecule has 1 unspecified atom stereocenters. The topological polar surface area (TPSA) is 35.6 Å². The third-order valence-corrected chi connectivity index (χ3v) is 5.07. The maximum Gasteiger partial charge on any atom is 0.225 e. The highest BCUT2D eigenvalue weighted by molar-refractivity contribution is 5.78. The number of hydrogen-bond donors (Lipinski definition) is 1. The molecule has 2 heterocycles. The number of amides is 1. The number of nitrogens with one attached hydrogen (secondary N) is 1. The van der Waals surface area contributed by atoms with E-state index in [4.69, 9.17) is 0 Å². The predicted molar refractivity (Wildman–Crippen MR) is 82.7 cm³/mol. The van der Waals surface area contributed by atoms with Gasteiger partial charge in [-0.1, -0.05) is 6.42 Å². The molecular weight excluding hydrogens is 250 g/mol. The van der Waals surface area contributed by atoms with Gasteiger partial charge in [-0.05, 0) is 59.2 Å². The average Bonchev–Trinajstić information content (AvgIpc) is 2.45. The summed E-state index contributed by atoms with van der Waals surface area (Å²) < 4.78 is 0. The van der Waals surface area contributed by atoms with Gasteiger partial charge in [-0.15, -0.1) is 0 Å². The lowest BCUT2D eigenvalue weighted by Crippen LogP contribution is -2.44. The molecule has 2 rings (SSSR count). The van der Waals surface area contributed by atoms with E-state index in [1.165, 1.54) is 25.8 Å². The van der Waals surface area contributed by atoms with Crippen LogP contribution in [0.4, 0.5) is 0 Å². The zero-order valence-electron chi connectivity index (χ0n) is 13.4. The zero-order valence-corrected chi connectivity index (χ0v) is 13.4. The van der Waals surface area contributed by atoms with Crippen LogP contribution in [0.15, 0.2) is 0 Å². The second-order valence-corrected chi connectivity index (χ2v) is 6.76. The van der Waals surface area contributed by atoms with Gasteiger partial charge in [0.1, 0.15) is 0 Å². The Balaban J connectivity index is 1.75. The third-order valence-electron chi connectivity index (χ3n) is 5.07. The van der Waals surface area contributed by atoms with E-state index in [9.17, 15) is 4.79 Å². The number of hydrogen-bond acceptors (Lipinski definition) is 3. The molecule has 2 aliphatic heterocycles. The van der Waals surface area contributed by atoms with Crippen LogP contribution in [0.25, 0.3) is 0 Å². The van der Waals surface area contributed by atoms with Gasteiger partial charge in [0.15, 0.2) is 0 Å². The molecular formula is C16H31N3O. The Morgan fingerprint density at radius 1 is 1.35 bits per heavy atom. The molecule has 4 nitrogen and oxygen atoms in total. The lowest BCUT2D eigenvalue weighted by molar-refractivity contribution is -0.135. The van der Waals surface area contributed by atoms with Crippen molar-refractivity contribution < 1.29 is 4.79 Å². The first kappa shape index (κ1) is 15.8. The maximum atomic E-state index is 12.5. The fourth-order valence-electron chi connectivity index (χ4n) is 3.63. The van der Waals surface area contributed by atoms with Crippen LogP contribution < -0.4 is 5.32 Å². The second kappa shape index (κ2) is 7.41. The summed E-state index contributed by atoms with van der Waals surface area (Å²) in [7, 11) is 4.21. The Labute approximate surface area is 123 Å². The van der Waals surface area contributed by atoms with Crippen molar-refractivity contribution in [2.75, 3.05) is 33.7 Å². The maximum absolute atomic E-state index is 12.5. The van der Waals surface area contributed by atoms with Crippen molar-refractivity contribution >= 4 is 5.91 Å². The van der Waals surface area contributed by atoms with Crippen molar-refractivity contribution in [3.8, 4) is 0 Å². The van der Waals surface area contributed by atoms with Crippen LogP contribution in [0.2, 0.25) is 0 Å². The fourth-order valence-corrected chi connectivity index (χ4v) is 3.63. The number of nitrogens with zero attached hydrogens (tertiary/aromatic N) is 2. The summed E-state index contributed by atoms with van der Waals surface area (Å²) >= 11 is 0. The van der Waals surface area contributed by atoms with Crippen LogP contribution in [0.1, 0.15) is 45.4 Å². The van der Waals surface area contributed by atoms with Gasteiger partial charge in [0, 0.05) is 31.6 Å². The van der Waals surface area contributed by atoms with Gasteiger partial charge in [-0.25, -0.2) is 0 Å². The Morgan fingerprint density at radius 2 is 2.15 bits per heavy atom. The van der Waals surface area contributed by atoms with Crippen LogP contribution in [0.5, 0.6) is 0 Å². The van der Waals surface area contributed by atoms with Gasteiger partial charge in [0.25, 0.3) is 0 Å². The minimum atomic E-state index is 0.236. The Kier molecular flexibility index (Phi) is 5.85. The summed E-state index contributed by atoms with van der Waals surface area (Å²) in [6.07, 6.45) is 7.08. The number of rotatable bonds is 4. The van der Waals surface area contributed by atoms with E-state index in [-0.39, 0.29) is 5.92 Å². The van der Waals surface area contributed by atoms with Crippen molar-refractivity contribution in [3.63, 3.8) is 0 Å². The minimum absolute atomic E-state index is 0.236. The molecule has 2 aliphatic rings. The van der Waals surface area contributed by atoms with Gasteiger partial charge >= 0.3 is 0 Å². The first-order chi connectivity index (χ1) is 9.58. The standard InChI is InChI=1S/C16H31N3O/c1-13-12-14(7-9-17-13)16(20)19(3)11-8-15-6-4-5-10-18(15)2/h13-15,17H,4-12H2,1-3H3/t13-,14-,15?/m0/s1. The smallest absolute Gasteiger partial charge is 0.225 e. The first-order valence-corrected chi connectivity index (χ1v) is 8.26. The van der Waals surface area contributed by atoms with Crippen molar-refractivity contribution in [1.82, 2.24) is 15.1 Å². The quantitative estimate of drug-likeness (QED) is 0.852. The van der Waals surface area contributed by atoms with Crippen molar-refractivity contribution in [1.29, 1.82) is 0 Å². The van der Waals surface area contributed by atoms with Crippen LogP contribution in [0.3, 0.4) is 0 Å². The predicted octanol–water partition coefficient (Wildman–Crippen LogP) is 1.71. The Bertz CT molecular complexity index is 321. The molecule has 0 aromatic carbocycles. The Morgan fingerprint density at radius 3 is 2.85 bits per heavy atom. The molecule has 0 aromatic rings. The molecule has 116 valence electrons. The molecule has 3 atom stereocenters. The molecule has 4 heteroatoms. The van der Waals surface area contributed by atoms with Crippen LogP contribution in [-0.4, -0.2) is 61.5 Å². The molecule has 20 heavy (non-hydrogen) atoms. The van der Waals surface area contributed by atoms with E-state index in [0.29, 0.717) is 18.0 Å². The highest BCUT2D eigenvalue weighted by Crippen LogP contribution is 2.20. The van der Waals surface area contributed by atoms with E-state index in [0.717, 1.165) is 32.4 Å². The molecule has 2 saturated heterocycles. The average molecular weight is 281 g/mol. The van der Waals surface area contributed by atoms with E-state index < -0.39 is 0 Å². The van der Waals surface area contributed by atoms with E-state index in [2.05, 4.69) is 24.2 Å². The van der Waals surface area contributed by atoms with Gasteiger partial charge in [0.2, 0.25) is 5.91 Å². The fraction of sp³-hybridized carbons (Fsp3) is 0.938. The molecule has 0 saturated carbocycles. The van der Waals surface area contributed by atoms with Crippen molar-refractivity contribution in [2.45, 2.75) is 57.5 Å². The molecule has 2 fully saturated rings. The normalized spacial score (nSPS) is 32.0. The van der Waals surface area contributed by atoms with E-state index in [1.807, 2.05) is 11.9 Å². The summed E-state index contributed by atoms with van der Waals surface area (Å²) in [6.45, 7) is 5.29. The summed E-state index contributed by atoms with van der Waals surface area (Å²) in [5, 5.41) is 3.42. The van der Waals surface area contributed by atoms with Gasteiger partial charge in [-0.2, -0.15) is 0 Å². The molecule has 1 amide bonds.